The Hall–Kier alpha value is -1.36. The monoisotopic (exact) mass is 266 g/mol. The lowest BCUT2D eigenvalue weighted by molar-refractivity contribution is -0.127. The Bertz CT molecular complexity index is 498. The van der Waals surface area contributed by atoms with Crippen molar-refractivity contribution in [2.75, 3.05) is 18.5 Å². The third-order valence-corrected chi connectivity index (χ3v) is 4.64. The zero-order valence-electron chi connectivity index (χ0n) is 10.7. The van der Waals surface area contributed by atoms with Gasteiger partial charge in [-0.2, -0.15) is 0 Å². The van der Waals surface area contributed by atoms with E-state index in [4.69, 9.17) is 5.73 Å². The predicted octanol–water partition coefficient (Wildman–Crippen LogP) is 1.31. The highest BCUT2D eigenvalue weighted by Gasteiger charge is 2.30. The molecule has 5 heteroatoms. The molecule has 1 saturated carbocycles. The third-order valence-electron chi connectivity index (χ3n) is 3.19. The van der Waals surface area contributed by atoms with Gasteiger partial charge in [-0.15, -0.1) is 0 Å². The molecule has 0 aliphatic heterocycles. The van der Waals surface area contributed by atoms with Crippen LogP contribution >= 0.6 is 0 Å². The normalized spacial score (nSPS) is 16.3. The summed E-state index contributed by atoms with van der Waals surface area (Å²) in [5.74, 6) is 0.00431. The van der Waals surface area contributed by atoms with E-state index in [1.807, 2.05) is 6.92 Å². The fourth-order valence-corrected chi connectivity index (χ4v) is 3.11. The number of amides is 1. The number of rotatable bonds is 4. The quantitative estimate of drug-likeness (QED) is 0.836. The average Bonchev–Trinajstić information content (AvgIpc) is 3.11. The van der Waals surface area contributed by atoms with Gasteiger partial charge in [0.25, 0.3) is 0 Å². The molecule has 1 aliphatic carbocycles. The van der Waals surface area contributed by atoms with Crippen LogP contribution in [-0.4, -0.2) is 33.9 Å². The molecule has 2 N–H and O–H groups in total. The average molecular weight is 266 g/mol. The van der Waals surface area contributed by atoms with Crippen LogP contribution in [0.4, 0.5) is 5.69 Å². The van der Waals surface area contributed by atoms with Gasteiger partial charge in [0.2, 0.25) is 5.91 Å². The molecule has 1 aromatic carbocycles. The molecule has 1 fully saturated rings. The molecular formula is C13H18N2O2S. The Balaban J connectivity index is 2.04. The Labute approximate surface area is 110 Å². The summed E-state index contributed by atoms with van der Waals surface area (Å²) in [4.78, 5) is 14.3. The number of nitrogens with two attached hydrogens (primary N) is 1. The van der Waals surface area contributed by atoms with Crippen molar-refractivity contribution in [3.8, 4) is 0 Å². The third kappa shape index (κ3) is 2.90. The summed E-state index contributed by atoms with van der Waals surface area (Å²) < 4.78 is 12.2. The maximum absolute atomic E-state index is 12.2. The molecule has 0 bridgehead atoms. The van der Waals surface area contributed by atoms with Crippen molar-refractivity contribution in [1.29, 1.82) is 0 Å². The number of hydrogen-bond acceptors (Lipinski definition) is 3. The summed E-state index contributed by atoms with van der Waals surface area (Å²) >= 11 is 0. The van der Waals surface area contributed by atoms with E-state index < -0.39 is 10.8 Å². The van der Waals surface area contributed by atoms with Gasteiger partial charge in [0.05, 0.1) is 10.8 Å². The van der Waals surface area contributed by atoms with E-state index in [0.29, 0.717) is 16.6 Å². The molecule has 0 saturated heterocycles. The molecule has 1 amide bonds. The minimum atomic E-state index is -1.29. The first-order chi connectivity index (χ1) is 8.49. The predicted molar refractivity (Wildman–Crippen MR) is 72.7 cm³/mol. The van der Waals surface area contributed by atoms with Crippen molar-refractivity contribution in [3.63, 3.8) is 0 Å². The van der Waals surface area contributed by atoms with E-state index in [-0.39, 0.29) is 11.7 Å². The molecule has 1 aliphatic rings. The molecule has 0 spiro atoms. The number of aryl methyl sites for hydroxylation is 1. The molecular weight excluding hydrogens is 248 g/mol. The van der Waals surface area contributed by atoms with Gasteiger partial charge in [0, 0.05) is 23.7 Å². The fraction of sp³-hybridized carbons (Fsp3) is 0.462. The molecule has 1 atom stereocenters. The maximum Gasteiger partial charge on any atom is 0.235 e. The largest absolute Gasteiger partial charge is 0.399 e. The number of anilines is 1. The van der Waals surface area contributed by atoms with Crippen LogP contribution < -0.4 is 5.73 Å². The van der Waals surface area contributed by atoms with Crippen molar-refractivity contribution in [2.24, 2.45) is 0 Å². The molecule has 98 valence electrons. The van der Waals surface area contributed by atoms with Crippen LogP contribution in [0.15, 0.2) is 23.1 Å². The van der Waals surface area contributed by atoms with Gasteiger partial charge in [-0.1, -0.05) is 0 Å². The van der Waals surface area contributed by atoms with Crippen molar-refractivity contribution in [1.82, 2.24) is 4.90 Å². The van der Waals surface area contributed by atoms with Crippen molar-refractivity contribution in [3.05, 3.63) is 23.8 Å². The molecule has 2 rings (SSSR count). The van der Waals surface area contributed by atoms with Gasteiger partial charge in [-0.05, 0) is 43.5 Å². The topological polar surface area (TPSA) is 63.4 Å². The highest BCUT2D eigenvalue weighted by Crippen LogP contribution is 2.25. The zero-order valence-corrected chi connectivity index (χ0v) is 11.5. The summed E-state index contributed by atoms with van der Waals surface area (Å²) in [6, 6.07) is 5.60. The van der Waals surface area contributed by atoms with E-state index in [1.165, 1.54) is 0 Å². The van der Waals surface area contributed by atoms with Crippen LogP contribution in [-0.2, 0) is 15.6 Å². The van der Waals surface area contributed by atoms with Crippen LogP contribution in [0.3, 0.4) is 0 Å². The van der Waals surface area contributed by atoms with Crippen LogP contribution in [0.1, 0.15) is 18.4 Å². The van der Waals surface area contributed by atoms with E-state index in [9.17, 15) is 9.00 Å². The highest BCUT2D eigenvalue weighted by atomic mass is 32.2. The lowest BCUT2D eigenvalue weighted by atomic mass is 10.2. The minimum absolute atomic E-state index is 0.0490. The van der Waals surface area contributed by atoms with E-state index in [1.54, 1.807) is 30.1 Å². The van der Waals surface area contributed by atoms with Gasteiger partial charge < -0.3 is 10.6 Å². The number of nitrogens with zero attached hydrogens (tertiary/aromatic N) is 1. The van der Waals surface area contributed by atoms with Gasteiger partial charge >= 0.3 is 0 Å². The van der Waals surface area contributed by atoms with E-state index >= 15 is 0 Å². The summed E-state index contributed by atoms with van der Waals surface area (Å²) in [7, 11) is 0.495. The minimum Gasteiger partial charge on any atom is -0.399 e. The molecule has 1 aromatic rings. The SMILES string of the molecule is Cc1cc(N)ccc1S(=O)CC(=O)N(C)C1CC1. The van der Waals surface area contributed by atoms with Gasteiger partial charge in [0.1, 0.15) is 5.75 Å². The molecule has 0 radical (unpaired) electrons. The van der Waals surface area contributed by atoms with Crippen molar-refractivity contribution < 1.29 is 9.00 Å². The van der Waals surface area contributed by atoms with Crippen LogP contribution in [0, 0.1) is 6.92 Å². The maximum atomic E-state index is 12.2. The van der Waals surface area contributed by atoms with Gasteiger partial charge in [0.15, 0.2) is 0 Å². The van der Waals surface area contributed by atoms with E-state index in [0.717, 1.165) is 18.4 Å². The lowest BCUT2D eigenvalue weighted by Gasteiger charge is -2.16. The van der Waals surface area contributed by atoms with Gasteiger partial charge in [-0.3, -0.25) is 9.00 Å². The zero-order chi connectivity index (χ0) is 13.3. The first kappa shape index (κ1) is 13.1. The van der Waals surface area contributed by atoms with Crippen LogP contribution in [0.5, 0.6) is 0 Å². The summed E-state index contributed by atoms with van der Waals surface area (Å²) in [6.45, 7) is 1.86. The number of nitrogen functional groups attached to an aromatic ring is 1. The molecule has 0 heterocycles. The Kier molecular flexibility index (Phi) is 3.71. The highest BCUT2D eigenvalue weighted by molar-refractivity contribution is 7.85. The second-order valence-electron chi connectivity index (χ2n) is 4.75. The molecule has 0 aromatic heterocycles. The second-order valence-corrected chi connectivity index (χ2v) is 6.17. The Morgan fingerprint density at radius 2 is 2.17 bits per heavy atom. The number of carbonyl (C=O) groups excluding carboxylic acids is 1. The molecule has 4 nitrogen and oxygen atoms in total. The van der Waals surface area contributed by atoms with Crippen molar-refractivity contribution in [2.45, 2.75) is 30.7 Å². The number of benzene rings is 1. The summed E-state index contributed by atoms with van der Waals surface area (Å²) in [5.41, 5.74) is 7.17. The smallest absolute Gasteiger partial charge is 0.235 e. The lowest BCUT2D eigenvalue weighted by Crippen LogP contribution is -2.32. The van der Waals surface area contributed by atoms with Gasteiger partial charge in [-0.25, -0.2) is 0 Å². The first-order valence-corrected chi connectivity index (χ1v) is 7.31. The summed E-state index contributed by atoms with van der Waals surface area (Å²) in [5, 5.41) is 0. The standard InChI is InChI=1S/C13H18N2O2S/c1-9-7-10(14)3-6-12(9)18(17)8-13(16)15(2)11-4-5-11/h3,6-7,11H,4-5,8,14H2,1-2H3. The number of carbonyl (C=O) groups is 1. The summed E-state index contributed by atoms with van der Waals surface area (Å²) in [6.07, 6.45) is 2.13. The Morgan fingerprint density at radius 3 is 2.72 bits per heavy atom. The second kappa shape index (κ2) is 5.10. The van der Waals surface area contributed by atoms with E-state index in [2.05, 4.69) is 0 Å². The molecule has 18 heavy (non-hydrogen) atoms. The first-order valence-electron chi connectivity index (χ1n) is 5.99. The van der Waals surface area contributed by atoms with Crippen molar-refractivity contribution >= 4 is 22.4 Å². The molecule has 1 unspecified atom stereocenters. The van der Waals surface area contributed by atoms with Crippen LogP contribution in [0.2, 0.25) is 0 Å². The number of hydrogen-bond donors (Lipinski definition) is 1. The van der Waals surface area contributed by atoms with Crippen LogP contribution in [0.25, 0.3) is 0 Å². The Morgan fingerprint density at radius 1 is 1.50 bits per heavy atom. The fourth-order valence-electron chi connectivity index (χ4n) is 1.89.